The van der Waals surface area contributed by atoms with Gasteiger partial charge in [-0.15, -0.1) is 0 Å². The Hall–Kier alpha value is -3.92. The molecule has 0 saturated carbocycles. The first-order chi connectivity index (χ1) is 17.8. The van der Waals surface area contributed by atoms with Gasteiger partial charge in [-0.25, -0.2) is 9.97 Å². The molecule has 0 fully saturated rings. The molecule has 4 heteroatoms. The number of nitrogens with one attached hydrogen (secondary N) is 2. The van der Waals surface area contributed by atoms with E-state index in [-0.39, 0.29) is 0 Å². The third kappa shape index (κ3) is 2.64. The van der Waals surface area contributed by atoms with Gasteiger partial charge in [0.25, 0.3) is 0 Å². The van der Waals surface area contributed by atoms with Crippen LogP contribution in [-0.4, -0.2) is 19.9 Å². The second kappa shape index (κ2) is 6.85. The van der Waals surface area contributed by atoms with E-state index in [0.29, 0.717) is 23.7 Å². The number of aromatic nitrogens is 4. The Balaban J connectivity index is 1.42. The lowest BCUT2D eigenvalue weighted by atomic mass is 9.70. The maximum absolute atomic E-state index is 5.31. The van der Waals surface area contributed by atoms with Crippen LogP contribution >= 0.6 is 0 Å². The van der Waals surface area contributed by atoms with E-state index in [2.05, 4.69) is 82.8 Å². The van der Waals surface area contributed by atoms with Crippen molar-refractivity contribution in [2.24, 2.45) is 11.8 Å². The Kier molecular flexibility index (Phi) is 3.67. The van der Waals surface area contributed by atoms with E-state index in [1.54, 1.807) is 0 Å². The van der Waals surface area contributed by atoms with Gasteiger partial charge in [0.15, 0.2) is 0 Å². The molecule has 2 N–H and O–H groups in total. The molecule has 2 aliphatic heterocycles. The summed E-state index contributed by atoms with van der Waals surface area (Å²) in [6.45, 7) is 0. The van der Waals surface area contributed by atoms with Gasteiger partial charge in [0.05, 0.1) is 22.8 Å². The Morgan fingerprint density at radius 2 is 1.11 bits per heavy atom. The Labute approximate surface area is 209 Å². The van der Waals surface area contributed by atoms with Crippen molar-refractivity contribution in [3.8, 4) is 0 Å². The summed E-state index contributed by atoms with van der Waals surface area (Å²) in [5.74, 6) is 1.92. The summed E-state index contributed by atoms with van der Waals surface area (Å²) in [6, 6.07) is 13.2. The molecular formula is C32H26N4. The normalized spacial score (nSPS) is 26.6. The highest BCUT2D eigenvalue weighted by atomic mass is 14.8. The largest absolute Gasteiger partial charge is 0.355 e. The van der Waals surface area contributed by atoms with E-state index < -0.39 is 0 Å². The molecule has 4 atom stereocenters. The van der Waals surface area contributed by atoms with Crippen molar-refractivity contribution in [3.63, 3.8) is 0 Å². The molecule has 0 aromatic carbocycles. The van der Waals surface area contributed by atoms with Crippen molar-refractivity contribution >= 4 is 45.4 Å². The van der Waals surface area contributed by atoms with Gasteiger partial charge in [-0.1, -0.05) is 24.3 Å². The summed E-state index contributed by atoms with van der Waals surface area (Å²) in [7, 11) is 0. The number of aromatic amines is 2. The molecule has 12 bridgehead atoms. The summed E-state index contributed by atoms with van der Waals surface area (Å²) in [4.78, 5) is 17.6. The molecular weight excluding hydrogens is 440 g/mol. The van der Waals surface area contributed by atoms with Gasteiger partial charge >= 0.3 is 0 Å². The maximum Gasteiger partial charge on any atom is 0.0699 e. The van der Waals surface area contributed by atoms with Gasteiger partial charge in [-0.05, 0) is 96.5 Å². The lowest BCUT2D eigenvalue weighted by Gasteiger charge is -2.32. The summed E-state index contributed by atoms with van der Waals surface area (Å²) in [5.41, 5.74) is 14.7. The van der Waals surface area contributed by atoms with Crippen LogP contribution in [0.1, 0.15) is 71.4 Å². The topological polar surface area (TPSA) is 57.4 Å². The number of hydrogen-bond acceptors (Lipinski definition) is 2. The van der Waals surface area contributed by atoms with E-state index >= 15 is 0 Å². The minimum Gasteiger partial charge on any atom is -0.355 e. The van der Waals surface area contributed by atoms with Crippen LogP contribution in [0, 0.1) is 11.8 Å². The van der Waals surface area contributed by atoms with Gasteiger partial charge in [-0.2, -0.15) is 0 Å². The molecule has 0 saturated heterocycles. The van der Waals surface area contributed by atoms with Gasteiger partial charge in [0.1, 0.15) is 0 Å². The van der Waals surface area contributed by atoms with E-state index in [9.17, 15) is 0 Å². The van der Waals surface area contributed by atoms with Crippen molar-refractivity contribution in [3.05, 3.63) is 94.6 Å². The first-order valence-corrected chi connectivity index (χ1v) is 13.3. The highest BCUT2D eigenvalue weighted by Crippen LogP contribution is 2.52. The zero-order chi connectivity index (χ0) is 23.4. The van der Waals surface area contributed by atoms with E-state index in [4.69, 9.17) is 9.97 Å². The van der Waals surface area contributed by atoms with Crippen LogP contribution in [0.3, 0.4) is 0 Å². The van der Waals surface area contributed by atoms with Crippen LogP contribution in [0.5, 0.6) is 0 Å². The molecule has 5 heterocycles. The van der Waals surface area contributed by atoms with Gasteiger partial charge in [-0.3, -0.25) is 0 Å². The lowest BCUT2D eigenvalue weighted by molar-refractivity contribution is 0.558. The molecule has 6 aliphatic carbocycles. The number of H-pyrrole nitrogens is 2. The lowest BCUT2D eigenvalue weighted by Crippen LogP contribution is -2.18. The Bertz CT molecular complexity index is 1770. The predicted molar refractivity (Wildman–Crippen MR) is 146 cm³/mol. The fourth-order valence-electron chi connectivity index (χ4n) is 7.47. The zero-order valence-corrected chi connectivity index (χ0v) is 20.0. The van der Waals surface area contributed by atoms with Gasteiger partial charge in [0.2, 0.25) is 0 Å². The second-order valence-electron chi connectivity index (χ2n) is 11.1. The first-order valence-electron chi connectivity index (χ1n) is 13.3. The molecule has 0 amide bonds. The van der Waals surface area contributed by atoms with Crippen LogP contribution in [0.4, 0.5) is 0 Å². The number of allylic oxidation sites excluding steroid dienone is 6. The molecule has 0 spiro atoms. The number of hydrogen-bond donors (Lipinski definition) is 2. The zero-order valence-electron chi connectivity index (χ0n) is 20.0. The molecule has 4 unspecified atom stereocenters. The molecule has 3 aromatic rings. The SMILES string of the molecule is C1=Cc2cc3[nH]c(cc4nc(cc5ccc(cc1n2)[nH]5)C1=C4C2C=CC1CC2)c1c3C2C=CC1CC2. The Morgan fingerprint density at radius 3 is 1.78 bits per heavy atom. The third-order valence-electron chi connectivity index (χ3n) is 9.02. The van der Waals surface area contributed by atoms with Crippen molar-refractivity contribution in [1.29, 1.82) is 0 Å². The number of rotatable bonds is 0. The minimum absolute atomic E-state index is 0.473. The van der Waals surface area contributed by atoms with Crippen LogP contribution in [0.15, 0.2) is 60.7 Å². The van der Waals surface area contributed by atoms with Crippen LogP contribution < -0.4 is 0 Å². The summed E-state index contributed by atoms with van der Waals surface area (Å²) in [5, 5.41) is 0. The average molecular weight is 467 g/mol. The van der Waals surface area contributed by atoms with Gasteiger partial charge < -0.3 is 9.97 Å². The van der Waals surface area contributed by atoms with E-state index in [1.165, 1.54) is 59.0 Å². The summed E-state index contributed by atoms with van der Waals surface area (Å²) >= 11 is 0. The summed E-state index contributed by atoms with van der Waals surface area (Å²) < 4.78 is 0. The smallest absolute Gasteiger partial charge is 0.0699 e. The van der Waals surface area contributed by atoms with E-state index in [1.807, 2.05) is 0 Å². The molecule has 8 aliphatic rings. The monoisotopic (exact) mass is 466 g/mol. The van der Waals surface area contributed by atoms with Gasteiger partial charge in [0, 0.05) is 45.7 Å². The number of nitrogens with zero attached hydrogens (tertiary/aromatic N) is 2. The molecule has 36 heavy (non-hydrogen) atoms. The fourth-order valence-corrected chi connectivity index (χ4v) is 7.47. The van der Waals surface area contributed by atoms with E-state index in [0.717, 1.165) is 33.8 Å². The maximum atomic E-state index is 5.31. The first kappa shape index (κ1) is 19.3. The third-order valence-corrected chi connectivity index (χ3v) is 9.02. The van der Waals surface area contributed by atoms with Crippen molar-refractivity contribution in [1.82, 2.24) is 19.9 Å². The quantitative estimate of drug-likeness (QED) is 0.263. The van der Waals surface area contributed by atoms with Crippen molar-refractivity contribution in [2.75, 3.05) is 0 Å². The summed E-state index contributed by atoms with van der Waals surface area (Å²) in [6.07, 6.45) is 18.8. The predicted octanol–water partition coefficient (Wildman–Crippen LogP) is 7.52. The van der Waals surface area contributed by atoms with Crippen molar-refractivity contribution < 1.29 is 0 Å². The minimum atomic E-state index is 0.473. The van der Waals surface area contributed by atoms with Crippen molar-refractivity contribution in [2.45, 2.75) is 37.5 Å². The molecule has 3 aromatic heterocycles. The highest BCUT2D eigenvalue weighted by molar-refractivity contribution is 5.98. The second-order valence-corrected chi connectivity index (χ2v) is 11.1. The highest BCUT2D eigenvalue weighted by Gasteiger charge is 2.37. The molecule has 4 nitrogen and oxygen atoms in total. The molecule has 11 rings (SSSR count). The standard InChI is InChI=1S/C32H26N4/c1-5-19-6-2-17(1)29-25-14-23-11-9-21(33-23)13-22-10-12-24(34-22)15-26-30-18-3-7-20(8-4-18)32(30)28(36-26)16-27(35-25)31(19)29/h1,3,5,7,9-20,33,36H,2,4,6,8H2. The van der Waals surface area contributed by atoms with Crippen LogP contribution in [0.2, 0.25) is 0 Å². The fraction of sp³-hybridized carbons (Fsp3) is 0.250. The average Bonchev–Trinajstić information content (AvgIpc) is 3.70. The van der Waals surface area contributed by atoms with Crippen LogP contribution in [-0.2, 0) is 0 Å². The number of fused-ring (bicyclic) bond motifs is 10. The Morgan fingerprint density at radius 1 is 0.556 bits per heavy atom. The molecule has 0 radical (unpaired) electrons. The molecule has 174 valence electrons. The van der Waals surface area contributed by atoms with Crippen LogP contribution in [0.25, 0.3) is 45.4 Å².